The van der Waals surface area contributed by atoms with Crippen molar-refractivity contribution in [3.8, 4) is 0 Å². The summed E-state index contributed by atoms with van der Waals surface area (Å²) in [7, 11) is 0. The van der Waals surface area contributed by atoms with E-state index in [1.807, 2.05) is 0 Å². The highest BCUT2D eigenvalue weighted by atomic mass is 16.6. The molecule has 1 aromatic rings. The molecule has 0 aliphatic carbocycles. The molecule has 1 aromatic carbocycles. The summed E-state index contributed by atoms with van der Waals surface area (Å²) >= 11 is 0. The van der Waals surface area contributed by atoms with Gasteiger partial charge in [0.1, 0.15) is 0 Å². The highest BCUT2D eigenvalue weighted by molar-refractivity contribution is 6.00. The van der Waals surface area contributed by atoms with E-state index in [9.17, 15) is 24.8 Å². The number of hydrogen-bond donors (Lipinski definition) is 2. The first-order valence-corrected chi connectivity index (χ1v) is 8.76. The predicted molar refractivity (Wildman–Crippen MR) is 99.1 cm³/mol. The first kappa shape index (κ1) is 21.1. The van der Waals surface area contributed by atoms with E-state index in [2.05, 4.69) is 5.32 Å². The lowest BCUT2D eigenvalue weighted by Crippen LogP contribution is -2.34. The first-order chi connectivity index (χ1) is 13.4. The number of nitrogens with zero attached hydrogens (tertiary/aromatic N) is 1. The van der Waals surface area contributed by atoms with Crippen molar-refractivity contribution in [2.45, 2.75) is 26.7 Å². The zero-order valence-electron chi connectivity index (χ0n) is 15.9. The molecule has 1 atom stereocenters. The van der Waals surface area contributed by atoms with Gasteiger partial charge in [-0.05, 0) is 20.8 Å². The molecule has 0 amide bonds. The molecule has 1 unspecified atom stereocenters. The smallest absolute Gasteiger partial charge is 0.336 e. The molecule has 2 rings (SSSR count). The van der Waals surface area contributed by atoms with Crippen LogP contribution in [0.2, 0.25) is 0 Å². The minimum Gasteiger partial charge on any atom is -0.463 e. The Morgan fingerprint density at radius 2 is 1.71 bits per heavy atom. The van der Waals surface area contributed by atoms with Gasteiger partial charge in [0.15, 0.2) is 0 Å². The Bertz CT molecular complexity index is 858. The zero-order valence-corrected chi connectivity index (χ0v) is 15.9. The van der Waals surface area contributed by atoms with E-state index in [1.54, 1.807) is 26.8 Å². The van der Waals surface area contributed by atoms with E-state index < -0.39 is 29.4 Å². The van der Waals surface area contributed by atoms with Gasteiger partial charge in [-0.3, -0.25) is 10.1 Å². The van der Waals surface area contributed by atoms with Gasteiger partial charge in [-0.25, -0.2) is 9.59 Å². The number of para-hydroxylation sites is 1. The monoisotopic (exact) mass is 390 g/mol. The Morgan fingerprint density at radius 3 is 2.25 bits per heavy atom. The molecule has 1 heterocycles. The average molecular weight is 390 g/mol. The third-order valence-corrected chi connectivity index (χ3v) is 4.24. The van der Waals surface area contributed by atoms with Gasteiger partial charge < -0.3 is 19.9 Å². The van der Waals surface area contributed by atoms with Crippen LogP contribution >= 0.6 is 0 Å². The van der Waals surface area contributed by atoms with Crippen LogP contribution in [-0.2, 0) is 19.1 Å². The van der Waals surface area contributed by atoms with Crippen LogP contribution in [0.15, 0.2) is 46.8 Å². The number of dihydropyridines is 1. The third-order valence-electron chi connectivity index (χ3n) is 4.24. The summed E-state index contributed by atoms with van der Waals surface area (Å²) in [5.74, 6) is -2.62. The minimum atomic E-state index is -1.12. The molecular formula is C19H22N2O7. The van der Waals surface area contributed by atoms with Crippen molar-refractivity contribution in [2.75, 3.05) is 19.8 Å². The van der Waals surface area contributed by atoms with Crippen LogP contribution < -0.4 is 5.32 Å². The molecule has 9 nitrogen and oxygen atoms in total. The maximum atomic E-state index is 12.7. The molecule has 2 N–H and O–H groups in total. The van der Waals surface area contributed by atoms with Crippen molar-refractivity contribution in [2.24, 2.45) is 0 Å². The minimum absolute atomic E-state index is 0.0522. The number of nitro benzene ring substituents is 1. The van der Waals surface area contributed by atoms with Gasteiger partial charge >= 0.3 is 11.9 Å². The predicted octanol–water partition coefficient (Wildman–Crippen LogP) is 1.93. The van der Waals surface area contributed by atoms with Gasteiger partial charge in [0.05, 0.1) is 47.5 Å². The van der Waals surface area contributed by atoms with E-state index in [0.29, 0.717) is 5.70 Å². The molecule has 0 spiro atoms. The normalized spacial score (nSPS) is 16.5. The summed E-state index contributed by atoms with van der Waals surface area (Å²) in [6.45, 7) is 4.42. The molecule has 9 heteroatoms. The number of allylic oxidation sites excluding steroid dienone is 1. The van der Waals surface area contributed by atoms with Gasteiger partial charge in [-0.15, -0.1) is 0 Å². The van der Waals surface area contributed by atoms with Crippen LogP contribution in [0.3, 0.4) is 0 Å². The number of nitro groups is 1. The van der Waals surface area contributed by atoms with Crippen molar-refractivity contribution < 1.29 is 29.1 Å². The molecular weight excluding hydrogens is 368 g/mol. The topological polar surface area (TPSA) is 128 Å². The molecule has 0 bridgehead atoms. The second-order valence-electron chi connectivity index (χ2n) is 5.90. The summed E-state index contributed by atoms with van der Waals surface area (Å²) in [5.41, 5.74) is 0.308. The molecule has 150 valence electrons. The van der Waals surface area contributed by atoms with Gasteiger partial charge in [-0.2, -0.15) is 0 Å². The molecule has 0 fully saturated rings. The number of aliphatic hydroxyl groups is 1. The maximum absolute atomic E-state index is 12.7. The van der Waals surface area contributed by atoms with Crippen molar-refractivity contribution in [1.82, 2.24) is 5.32 Å². The Labute approximate surface area is 161 Å². The number of esters is 2. The van der Waals surface area contributed by atoms with Crippen molar-refractivity contribution >= 4 is 17.6 Å². The van der Waals surface area contributed by atoms with E-state index in [0.717, 1.165) is 0 Å². The fraction of sp³-hybridized carbons (Fsp3) is 0.368. The van der Waals surface area contributed by atoms with E-state index in [1.165, 1.54) is 18.2 Å². The number of carbonyl (C=O) groups excluding carboxylic acids is 2. The summed E-state index contributed by atoms with van der Waals surface area (Å²) in [5, 5.41) is 24.2. The zero-order chi connectivity index (χ0) is 20.8. The SMILES string of the molecule is CCOC(=O)C1=C(C)NC(CO)=C(C(=O)OCC)C1c1ccccc1[N+](=O)[O-]. The lowest BCUT2D eigenvalue weighted by atomic mass is 9.79. The standard InChI is InChI=1S/C19H22N2O7/c1-4-27-18(23)15-11(3)20-13(10-22)17(19(24)28-5-2)16(15)12-8-6-7-9-14(12)21(25)26/h6-9,16,20,22H,4-5,10H2,1-3H3. The molecule has 0 saturated carbocycles. The number of carbonyl (C=O) groups is 2. The third kappa shape index (κ3) is 4.04. The van der Waals surface area contributed by atoms with Gasteiger partial charge in [0, 0.05) is 17.3 Å². The summed E-state index contributed by atoms with van der Waals surface area (Å²) in [4.78, 5) is 36.3. The van der Waals surface area contributed by atoms with E-state index >= 15 is 0 Å². The highest BCUT2D eigenvalue weighted by Crippen LogP contribution is 2.42. The molecule has 0 radical (unpaired) electrons. The lowest BCUT2D eigenvalue weighted by molar-refractivity contribution is -0.385. The Kier molecular flexibility index (Phi) is 6.89. The Balaban J connectivity index is 2.80. The number of rotatable bonds is 7. The number of ether oxygens (including phenoxy) is 2. The Morgan fingerprint density at radius 1 is 1.14 bits per heavy atom. The molecule has 28 heavy (non-hydrogen) atoms. The van der Waals surface area contributed by atoms with E-state index in [4.69, 9.17) is 9.47 Å². The van der Waals surface area contributed by atoms with Crippen LogP contribution in [0, 0.1) is 10.1 Å². The largest absolute Gasteiger partial charge is 0.463 e. The van der Waals surface area contributed by atoms with Crippen molar-refractivity contribution in [3.63, 3.8) is 0 Å². The van der Waals surface area contributed by atoms with Crippen LogP contribution in [0.25, 0.3) is 0 Å². The number of benzene rings is 1. The van der Waals surface area contributed by atoms with Crippen molar-refractivity contribution in [3.05, 3.63) is 62.5 Å². The van der Waals surface area contributed by atoms with Gasteiger partial charge in [0.2, 0.25) is 0 Å². The maximum Gasteiger partial charge on any atom is 0.336 e. The first-order valence-electron chi connectivity index (χ1n) is 8.76. The number of hydrogen-bond acceptors (Lipinski definition) is 8. The highest BCUT2D eigenvalue weighted by Gasteiger charge is 2.41. The summed E-state index contributed by atoms with van der Waals surface area (Å²) in [6, 6.07) is 5.82. The fourth-order valence-electron chi connectivity index (χ4n) is 3.16. The number of nitrogens with one attached hydrogen (secondary N) is 1. The quantitative estimate of drug-likeness (QED) is 0.411. The van der Waals surface area contributed by atoms with Crippen LogP contribution in [-0.4, -0.2) is 41.8 Å². The second kappa shape index (κ2) is 9.14. The molecule has 1 aliphatic heterocycles. The molecule has 0 saturated heterocycles. The average Bonchev–Trinajstić information content (AvgIpc) is 2.67. The lowest BCUT2D eigenvalue weighted by Gasteiger charge is -2.30. The molecule has 1 aliphatic rings. The summed E-state index contributed by atoms with van der Waals surface area (Å²) in [6.07, 6.45) is 0. The van der Waals surface area contributed by atoms with Crippen LogP contribution in [0.1, 0.15) is 32.3 Å². The van der Waals surface area contributed by atoms with Crippen LogP contribution in [0.4, 0.5) is 5.69 Å². The van der Waals surface area contributed by atoms with E-state index in [-0.39, 0.29) is 41.3 Å². The van der Waals surface area contributed by atoms with Gasteiger partial charge in [-0.1, -0.05) is 18.2 Å². The Hall–Kier alpha value is -3.20. The molecule has 0 aromatic heterocycles. The fourth-order valence-corrected chi connectivity index (χ4v) is 3.16. The second-order valence-corrected chi connectivity index (χ2v) is 5.90. The van der Waals surface area contributed by atoms with Gasteiger partial charge in [0.25, 0.3) is 5.69 Å². The van der Waals surface area contributed by atoms with Crippen molar-refractivity contribution in [1.29, 1.82) is 0 Å². The van der Waals surface area contributed by atoms with Crippen LogP contribution in [0.5, 0.6) is 0 Å². The number of aliphatic hydroxyl groups excluding tert-OH is 1. The summed E-state index contributed by atoms with van der Waals surface area (Å²) < 4.78 is 10.2.